The van der Waals surface area contributed by atoms with Crippen LogP contribution >= 0.6 is 7.82 Å². The van der Waals surface area contributed by atoms with Gasteiger partial charge in [-0.2, -0.15) is 0 Å². The summed E-state index contributed by atoms with van der Waals surface area (Å²) in [6.45, 7) is 0.700. The van der Waals surface area contributed by atoms with E-state index in [0.717, 1.165) is 4.57 Å². The number of nitrogens with zero attached hydrogens (tertiary/aromatic N) is 2. The third-order valence-electron chi connectivity index (χ3n) is 6.42. The maximum Gasteiger partial charge on any atom is 0.472 e. The number of aromatic nitrogens is 4. The summed E-state index contributed by atoms with van der Waals surface area (Å²) in [6, 6.07) is 0. The minimum atomic E-state index is -4.84. The fourth-order valence-electron chi connectivity index (χ4n) is 4.22. The van der Waals surface area contributed by atoms with Gasteiger partial charge < -0.3 is 24.6 Å². The van der Waals surface area contributed by atoms with Crippen LogP contribution in [0.3, 0.4) is 0 Å². The highest BCUT2D eigenvalue weighted by Gasteiger charge is 2.44. The van der Waals surface area contributed by atoms with Crippen LogP contribution in [0.15, 0.2) is 25.4 Å². The average Bonchev–Trinajstić information content (AvgIpc) is 3.25. The van der Waals surface area contributed by atoms with Crippen molar-refractivity contribution in [1.82, 2.24) is 19.1 Å². The summed E-state index contributed by atoms with van der Waals surface area (Å²) >= 11 is 0. The van der Waals surface area contributed by atoms with Gasteiger partial charge in [-0.3, -0.25) is 37.7 Å². The van der Waals surface area contributed by atoms with E-state index in [1.807, 2.05) is 0 Å². The minimum Gasteiger partial charge on any atom is -0.394 e. The number of ether oxygens (including phenoxy) is 2. The molecule has 4 rings (SSSR count). The Balaban J connectivity index is 1.47. The third-order valence-corrected chi connectivity index (χ3v) is 7.41. The van der Waals surface area contributed by atoms with Crippen LogP contribution in [0.4, 0.5) is 0 Å². The van der Waals surface area contributed by atoms with Gasteiger partial charge in [-0.15, -0.1) is 0 Å². The van der Waals surface area contributed by atoms with Crippen molar-refractivity contribution in [2.75, 3.05) is 19.8 Å². The zero-order chi connectivity index (χ0) is 27.1. The molecule has 0 radical (unpaired) electrons. The van der Waals surface area contributed by atoms with Crippen molar-refractivity contribution >= 4 is 7.82 Å². The van der Waals surface area contributed by atoms with Gasteiger partial charge in [0.15, 0.2) is 0 Å². The molecule has 1 fully saturated rings. The first-order chi connectivity index (χ1) is 17.4. The molecule has 16 nitrogen and oxygen atoms in total. The van der Waals surface area contributed by atoms with Crippen LogP contribution in [-0.4, -0.2) is 71.8 Å². The predicted octanol–water partition coefficient (Wildman–Crippen LogP) is -2.25. The van der Waals surface area contributed by atoms with Crippen LogP contribution in [0.1, 0.15) is 29.5 Å². The van der Waals surface area contributed by atoms with E-state index in [4.69, 9.17) is 18.5 Å². The zero-order valence-corrected chi connectivity index (χ0v) is 20.8. The van der Waals surface area contributed by atoms with E-state index in [1.165, 1.54) is 24.6 Å². The lowest BCUT2D eigenvalue weighted by Crippen LogP contribution is -2.51. The van der Waals surface area contributed by atoms with Gasteiger partial charge in [0.05, 0.1) is 19.8 Å². The van der Waals surface area contributed by atoms with Crippen LogP contribution in [0, 0.1) is 13.8 Å². The van der Waals surface area contributed by atoms with Crippen LogP contribution < -0.4 is 22.5 Å². The molecular weight excluding hydrogens is 519 g/mol. The number of nitrogens with one attached hydrogen (secondary N) is 2. The summed E-state index contributed by atoms with van der Waals surface area (Å²) in [4.78, 5) is 62.5. The highest BCUT2D eigenvalue weighted by molar-refractivity contribution is 7.47. The number of hydrogen-bond donors (Lipinski definition) is 5. The highest BCUT2D eigenvalue weighted by Crippen LogP contribution is 2.49. The molecule has 204 valence electrons. The Morgan fingerprint density at radius 1 is 1.16 bits per heavy atom. The van der Waals surface area contributed by atoms with Crippen molar-refractivity contribution in [2.24, 2.45) is 0 Å². The van der Waals surface area contributed by atoms with Crippen LogP contribution in [-0.2, 0) is 36.2 Å². The van der Waals surface area contributed by atoms with Crippen molar-refractivity contribution in [3.63, 3.8) is 0 Å². The Labute approximate surface area is 207 Å². The minimum absolute atomic E-state index is 0.134. The molecule has 0 amide bonds. The number of aliphatic hydroxyl groups excluding tert-OH is 2. The van der Waals surface area contributed by atoms with E-state index in [1.54, 1.807) is 0 Å². The number of aryl methyl sites for hydroxylation is 1. The monoisotopic (exact) mass is 546 g/mol. The van der Waals surface area contributed by atoms with Gasteiger partial charge in [0.2, 0.25) is 0 Å². The van der Waals surface area contributed by atoms with E-state index in [2.05, 4.69) is 9.97 Å². The van der Waals surface area contributed by atoms with E-state index in [-0.39, 0.29) is 36.4 Å². The van der Waals surface area contributed by atoms with Crippen molar-refractivity contribution in [2.45, 2.75) is 57.5 Å². The average molecular weight is 546 g/mol. The fraction of sp³-hybridized carbons (Fsp3) is 0.600. The van der Waals surface area contributed by atoms with Gasteiger partial charge in [0, 0.05) is 35.9 Å². The molecule has 5 N–H and O–H groups in total. The van der Waals surface area contributed by atoms with Crippen molar-refractivity contribution in [3.05, 3.63) is 64.7 Å². The number of aliphatic hydroxyl groups is 2. The Hall–Kier alpha value is -2.69. The first kappa shape index (κ1) is 27.3. The van der Waals surface area contributed by atoms with Gasteiger partial charge in [-0.1, -0.05) is 0 Å². The summed E-state index contributed by atoms with van der Waals surface area (Å²) in [6.07, 6.45) is -2.33. The van der Waals surface area contributed by atoms with Gasteiger partial charge in [-0.25, -0.2) is 14.2 Å². The van der Waals surface area contributed by atoms with Gasteiger partial charge in [-0.05, 0) is 13.8 Å². The molecule has 1 unspecified atom stereocenters. The number of phosphoric ester groups is 1. The molecule has 5 atom stereocenters. The summed E-state index contributed by atoms with van der Waals surface area (Å²) in [7, 11) is -4.84. The third kappa shape index (κ3) is 5.46. The van der Waals surface area contributed by atoms with Gasteiger partial charge in [0.25, 0.3) is 11.1 Å². The van der Waals surface area contributed by atoms with Crippen molar-refractivity contribution in [1.29, 1.82) is 0 Å². The number of phosphoric acid groups is 1. The van der Waals surface area contributed by atoms with Crippen LogP contribution in [0.5, 0.6) is 0 Å². The maximum absolute atomic E-state index is 12.8. The molecule has 17 heteroatoms. The molecule has 2 aliphatic heterocycles. The molecule has 0 spiro atoms. The van der Waals surface area contributed by atoms with Crippen molar-refractivity contribution in [3.8, 4) is 0 Å². The predicted molar refractivity (Wildman–Crippen MR) is 123 cm³/mol. The summed E-state index contributed by atoms with van der Waals surface area (Å²) in [5.41, 5.74) is -3.48. The largest absolute Gasteiger partial charge is 0.472 e. The lowest BCUT2D eigenvalue weighted by Gasteiger charge is -2.37. The normalized spacial score (nSPS) is 27.1. The molecule has 1 saturated heterocycles. The standard InChI is InChI=1S/C20H27N4O12P/c1-10-5-23(18(29)21-16(10)27)15-3-13(14(6-25)35-15)36-37(31,32)34-8-20(7-26)4-12-11(2)17(28)22-19(30)24(12)9-33-20/h5,13-15,25-26H,3-4,6-9H2,1-2H3,(H,31,32)(H,21,27,29)(H,22,28,30)/t13-,14+,15+,20+/m0/s1. The Bertz CT molecular complexity index is 1460. The van der Waals surface area contributed by atoms with E-state index in [9.17, 15) is 38.8 Å². The van der Waals surface area contributed by atoms with Crippen LogP contribution in [0.25, 0.3) is 0 Å². The maximum atomic E-state index is 12.8. The van der Waals surface area contributed by atoms with Crippen molar-refractivity contribution < 1.29 is 38.2 Å². The fourth-order valence-corrected chi connectivity index (χ4v) is 5.25. The quantitative estimate of drug-likeness (QED) is 0.221. The molecule has 0 bridgehead atoms. The summed E-state index contributed by atoms with van der Waals surface area (Å²) in [5.74, 6) is 0. The SMILES string of the molecule is Cc1cn([C@H]2C[C@H](OP(=O)(O)OC[C@]3(CO)Cc4c(C)c(=O)[nH]c(=O)n4CO3)[C@@H](CO)O2)c(=O)[nH]c1=O. The molecular formula is C20H27N4O12P. The molecule has 2 aromatic rings. The first-order valence-corrected chi connectivity index (χ1v) is 12.7. The van der Waals surface area contributed by atoms with E-state index >= 15 is 0 Å². The smallest absolute Gasteiger partial charge is 0.394 e. The molecule has 37 heavy (non-hydrogen) atoms. The second-order valence-corrected chi connectivity index (χ2v) is 10.4. The molecule has 0 aromatic carbocycles. The Morgan fingerprint density at radius 3 is 2.54 bits per heavy atom. The van der Waals surface area contributed by atoms with Gasteiger partial charge in [0.1, 0.15) is 30.8 Å². The summed E-state index contributed by atoms with van der Waals surface area (Å²) in [5, 5.41) is 19.7. The molecule has 2 aliphatic rings. The second-order valence-electron chi connectivity index (χ2n) is 8.96. The Morgan fingerprint density at radius 2 is 1.86 bits per heavy atom. The zero-order valence-electron chi connectivity index (χ0n) is 19.9. The lowest BCUT2D eigenvalue weighted by atomic mass is 9.96. The first-order valence-electron chi connectivity index (χ1n) is 11.2. The lowest BCUT2D eigenvalue weighted by molar-refractivity contribution is -0.148. The number of H-pyrrole nitrogens is 2. The molecule has 0 aliphatic carbocycles. The highest BCUT2D eigenvalue weighted by atomic mass is 31.2. The number of aromatic amines is 2. The Kier molecular flexibility index (Phi) is 7.56. The molecule has 0 saturated carbocycles. The second kappa shape index (κ2) is 10.2. The molecule has 2 aromatic heterocycles. The van der Waals surface area contributed by atoms with E-state index < -0.39 is 74.2 Å². The van der Waals surface area contributed by atoms with E-state index in [0.29, 0.717) is 0 Å². The topological polar surface area (TPSA) is 224 Å². The number of fused-ring (bicyclic) bond motifs is 1. The summed E-state index contributed by atoms with van der Waals surface area (Å²) < 4.78 is 36.5. The van der Waals surface area contributed by atoms with Gasteiger partial charge >= 0.3 is 19.2 Å². The van der Waals surface area contributed by atoms with Crippen LogP contribution in [0.2, 0.25) is 0 Å². The molecule has 4 heterocycles. The number of rotatable bonds is 8. The number of hydrogen-bond acceptors (Lipinski definition) is 11.